The lowest BCUT2D eigenvalue weighted by Gasteiger charge is -2.19. The number of amides is 1. The fraction of sp³-hybridized carbons (Fsp3) is 0.316. The highest BCUT2D eigenvalue weighted by atomic mass is 19.1. The summed E-state index contributed by atoms with van der Waals surface area (Å²) in [6.07, 6.45) is 4.63. The van der Waals surface area contributed by atoms with Crippen LogP contribution in [-0.4, -0.2) is 19.1 Å². The summed E-state index contributed by atoms with van der Waals surface area (Å²) < 4.78 is 18.7. The lowest BCUT2D eigenvalue weighted by atomic mass is 9.91. The molecule has 1 aliphatic carbocycles. The molecule has 0 heterocycles. The van der Waals surface area contributed by atoms with Crippen molar-refractivity contribution < 1.29 is 13.9 Å². The van der Waals surface area contributed by atoms with Crippen LogP contribution in [0, 0.1) is 5.82 Å². The molecule has 0 saturated carbocycles. The Labute approximate surface area is 135 Å². The van der Waals surface area contributed by atoms with E-state index in [4.69, 9.17) is 4.74 Å². The van der Waals surface area contributed by atoms with Crippen LogP contribution in [0.25, 0.3) is 0 Å². The zero-order valence-corrected chi connectivity index (χ0v) is 13.0. The molecule has 4 heteroatoms. The van der Waals surface area contributed by atoms with Crippen molar-refractivity contribution >= 4 is 5.91 Å². The largest absolute Gasteiger partial charge is 0.491 e. The highest BCUT2D eigenvalue weighted by Crippen LogP contribution is 2.29. The van der Waals surface area contributed by atoms with E-state index in [2.05, 4.69) is 11.4 Å². The zero-order chi connectivity index (χ0) is 16.1. The van der Waals surface area contributed by atoms with Crippen molar-refractivity contribution in [2.45, 2.75) is 25.7 Å². The average Bonchev–Trinajstić information content (AvgIpc) is 2.59. The number of hydrogen-bond donors (Lipinski definition) is 1. The first kappa shape index (κ1) is 15.5. The molecular formula is C19H20FNO2. The summed E-state index contributed by atoms with van der Waals surface area (Å²) in [7, 11) is 0. The highest BCUT2D eigenvalue weighted by Gasteiger charge is 2.13. The van der Waals surface area contributed by atoms with E-state index in [1.165, 1.54) is 48.2 Å². The number of fused-ring (bicyclic) bond motifs is 1. The number of carbonyl (C=O) groups excluding carboxylic acids is 1. The molecule has 23 heavy (non-hydrogen) atoms. The minimum absolute atomic E-state index is 0.219. The Morgan fingerprint density at radius 2 is 1.87 bits per heavy atom. The SMILES string of the molecule is O=C(NCCOc1cccc2c1CCCC2)c1ccc(F)cc1. The van der Waals surface area contributed by atoms with Gasteiger partial charge in [-0.3, -0.25) is 4.79 Å². The zero-order valence-electron chi connectivity index (χ0n) is 13.0. The van der Waals surface area contributed by atoms with Gasteiger partial charge in [0, 0.05) is 5.56 Å². The third-order valence-corrected chi connectivity index (χ3v) is 4.10. The third kappa shape index (κ3) is 3.89. The third-order valence-electron chi connectivity index (χ3n) is 4.10. The molecule has 3 nitrogen and oxygen atoms in total. The first-order chi connectivity index (χ1) is 11.2. The highest BCUT2D eigenvalue weighted by molar-refractivity contribution is 5.94. The molecule has 3 rings (SSSR count). The summed E-state index contributed by atoms with van der Waals surface area (Å²) >= 11 is 0. The maximum atomic E-state index is 12.8. The van der Waals surface area contributed by atoms with Crippen LogP contribution in [0.1, 0.15) is 34.3 Å². The molecule has 2 aromatic carbocycles. The lowest BCUT2D eigenvalue weighted by molar-refractivity contribution is 0.0947. The number of nitrogens with one attached hydrogen (secondary N) is 1. The van der Waals surface area contributed by atoms with Crippen molar-refractivity contribution in [1.29, 1.82) is 0 Å². The van der Waals surface area contributed by atoms with Gasteiger partial charge in [-0.1, -0.05) is 12.1 Å². The summed E-state index contributed by atoms with van der Waals surface area (Å²) in [5.74, 6) is 0.362. The molecule has 0 radical (unpaired) electrons. The fourth-order valence-electron chi connectivity index (χ4n) is 2.91. The predicted molar refractivity (Wildman–Crippen MR) is 87.3 cm³/mol. The summed E-state index contributed by atoms with van der Waals surface area (Å²) in [4.78, 5) is 11.9. The molecule has 0 aliphatic heterocycles. The molecule has 1 N–H and O–H groups in total. The van der Waals surface area contributed by atoms with Gasteiger partial charge >= 0.3 is 0 Å². The van der Waals surface area contributed by atoms with Crippen molar-refractivity contribution in [3.05, 3.63) is 65.0 Å². The van der Waals surface area contributed by atoms with Crippen LogP contribution < -0.4 is 10.1 Å². The quantitative estimate of drug-likeness (QED) is 0.858. The Balaban J connectivity index is 1.50. The average molecular weight is 313 g/mol. The number of halogens is 1. The van der Waals surface area contributed by atoms with E-state index < -0.39 is 0 Å². The Morgan fingerprint density at radius 1 is 1.09 bits per heavy atom. The second-order valence-electron chi connectivity index (χ2n) is 5.71. The molecule has 0 aromatic heterocycles. The number of ether oxygens (including phenoxy) is 1. The summed E-state index contributed by atoms with van der Waals surface area (Å²) in [6, 6.07) is 11.7. The van der Waals surface area contributed by atoms with E-state index in [-0.39, 0.29) is 11.7 Å². The van der Waals surface area contributed by atoms with Gasteiger partial charge in [-0.2, -0.15) is 0 Å². The Kier molecular flexibility index (Phi) is 4.91. The minimum atomic E-state index is -0.348. The van der Waals surface area contributed by atoms with E-state index in [1.54, 1.807) is 0 Å². The number of benzene rings is 2. The predicted octanol–water partition coefficient (Wildman–Crippen LogP) is 3.51. The van der Waals surface area contributed by atoms with Gasteiger partial charge in [-0.15, -0.1) is 0 Å². The smallest absolute Gasteiger partial charge is 0.251 e. The molecule has 0 fully saturated rings. The molecular weight excluding hydrogens is 293 g/mol. The Morgan fingerprint density at radius 3 is 2.70 bits per heavy atom. The second kappa shape index (κ2) is 7.27. The van der Waals surface area contributed by atoms with Crippen LogP contribution in [0.15, 0.2) is 42.5 Å². The van der Waals surface area contributed by atoms with E-state index in [9.17, 15) is 9.18 Å². The first-order valence-corrected chi connectivity index (χ1v) is 8.01. The normalized spacial score (nSPS) is 13.3. The topological polar surface area (TPSA) is 38.3 Å². The Bertz CT molecular complexity index is 682. The molecule has 0 atom stereocenters. The molecule has 120 valence electrons. The van der Waals surface area contributed by atoms with Crippen LogP contribution >= 0.6 is 0 Å². The minimum Gasteiger partial charge on any atom is -0.491 e. The van der Waals surface area contributed by atoms with Gasteiger partial charge in [0.1, 0.15) is 18.2 Å². The van der Waals surface area contributed by atoms with Gasteiger partial charge in [0.15, 0.2) is 0 Å². The van der Waals surface area contributed by atoms with Gasteiger partial charge in [-0.25, -0.2) is 4.39 Å². The standard InChI is InChI=1S/C19H20FNO2/c20-16-10-8-15(9-11-16)19(22)21-12-13-23-18-7-3-5-14-4-1-2-6-17(14)18/h3,5,7-11H,1-2,4,6,12-13H2,(H,21,22). The molecule has 0 saturated heterocycles. The van der Waals surface area contributed by atoms with Crippen LogP contribution in [0.5, 0.6) is 5.75 Å². The second-order valence-corrected chi connectivity index (χ2v) is 5.71. The van der Waals surface area contributed by atoms with Gasteiger partial charge in [0.25, 0.3) is 5.91 Å². The maximum Gasteiger partial charge on any atom is 0.251 e. The van der Waals surface area contributed by atoms with E-state index in [0.717, 1.165) is 18.6 Å². The first-order valence-electron chi connectivity index (χ1n) is 8.01. The van der Waals surface area contributed by atoms with Crippen molar-refractivity contribution in [3.63, 3.8) is 0 Å². The number of hydrogen-bond acceptors (Lipinski definition) is 2. The molecule has 1 amide bonds. The van der Waals surface area contributed by atoms with Crippen molar-refractivity contribution in [3.8, 4) is 5.75 Å². The van der Waals surface area contributed by atoms with E-state index in [1.807, 2.05) is 12.1 Å². The molecule has 1 aliphatic rings. The number of rotatable bonds is 5. The molecule has 0 spiro atoms. The van der Waals surface area contributed by atoms with Gasteiger partial charge < -0.3 is 10.1 Å². The summed E-state index contributed by atoms with van der Waals surface area (Å²) in [6.45, 7) is 0.837. The van der Waals surface area contributed by atoms with Crippen LogP contribution in [-0.2, 0) is 12.8 Å². The van der Waals surface area contributed by atoms with Crippen LogP contribution in [0.4, 0.5) is 4.39 Å². The fourth-order valence-corrected chi connectivity index (χ4v) is 2.91. The number of carbonyl (C=O) groups is 1. The van der Waals surface area contributed by atoms with E-state index >= 15 is 0 Å². The van der Waals surface area contributed by atoms with Gasteiger partial charge in [0.2, 0.25) is 0 Å². The van der Waals surface area contributed by atoms with Crippen molar-refractivity contribution in [2.75, 3.05) is 13.2 Å². The van der Waals surface area contributed by atoms with Crippen molar-refractivity contribution in [1.82, 2.24) is 5.32 Å². The summed E-state index contributed by atoms with van der Waals surface area (Å²) in [5.41, 5.74) is 3.14. The van der Waals surface area contributed by atoms with E-state index in [0.29, 0.717) is 18.7 Å². The van der Waals surface area contributed by atoms with Crippen molar-refractivity contribution in [2.24, 2.45) is 0 Å². The molecule has 0 unspecified atom stereocenters. The monoisotopic (exact) mass is 313 g/mol. The number of aryl methyl sites for hydroxylation is 1. The van der Waals surface area contributed by atoms with Crippen LogP contribution in [0.2, 0.25) is 0 Å². The van der Waals surface area contributed by atoms with Crippen LogP contribution in [0.3, 0.4) is 0 Å². The van der Waals surface area contributed by atoms with Gasteiger partial charge in [-0.05, 0) is 67.1 Å². The maximum absolute atomic E-state index is 12.8. The molecule has 2 aromatic rings. The lowest BCUT2D eigenvalue weighted by Crippen LogP contribution is -2.28. The summed E-state index contributed by atoms with van der Waals surface area (Å²) in [5, 5.41) is 2.78. The van der Waals surface area contributed by atoms with Gasteiger partial charge in [0.05, 0.1) is 6.54 Å². The Hall–Kier alpha value is -2.36. The molecule has 0 bridgehead atoms.